The Morgan fingerprint density at radius 2 is 1.31 bits per heavy atom. The molecule has 10 nitrogen and oxygen atoms in total. The van der Waals surface area contributed by atoms with Crippen molar-refractivity contribution in [2.45, 2.75) is 25.7 Å². The Morgan fingerprint density at radius 3 is 1.81 bits per heavy atom. The quantitative estimate of drug-likeness (QED) is 0.109. The van der Waals surface area contributed by atoms with Gasteiger partial charge in [0.25, 0.3) is 0 Å². The monoisotopic (exact) mass is 687 g/mol. The summed E-state index contributed by atoms with van der Waals surface area (Å²) < 4.78 is 34.5. The molecule has 0 spiro atoms. The number of nitrogens with one attached hydrogen (secondary N) is 2. The van der Waals surface area contributed by atoms with Crippen LogP contribution >= 0.6 is 15.5 Å². The van der Waals surface area contributed by atoms with Gasteiger partial charge in [0, 0.05) is 47.4 Å². The Hall–Kier alpha value is -3.72. The summed E-state index contributed by atoms with van der Waals surface area (Å²) in [5.41, 5.74) is 11.0. The molecule has 48 heavy (non-hydrogen) atoms. The molecule has 3 N–H and O–H groups in total. The Kier molecular flexibility index (Phi) is 10.3. The van der Waals surface area contributed by atoms with Gasteiger partial charge in [0.1, 0.15) is 6.16 Å². The molecule has 12 heteroatoms. The van der Waals surface area contributed by atoms with Crippen LogP contribution in [-0.2, 0) is 22.7 Å². The van der Waals surface area contributed by atoms with Crippen LogP contribution < -0.4 is 0 Å². The molecule has 6 rings (SSSR count). The third-order valence-electron chi connectivity index (χ3n) is 8.82. The molecule has 1 aromatic carbocycles. The van der Waals surface area contributed by atoms with Crippen molar-refractivity contribution in [1.82, 2.24) is 19.9 Å². The van der Waals surface area contributed by atoms with E-state index in [4.69, 9.17) is 28.1 Å². The number of benzene rings is 1. The summed E-state index contributed by atoms with van der Waals surface area (Å²) in [5.74, 6) is -0.245. The van der Waals surface area contributed by atoms with Crippen LogP contribution in [0.15, 0.2) is 60.7 Å². The van der Waals surface area contributed by atoms with Crippen LogP contribution in [0.5, 0.6) is 0 Å². The Morgan fingerprint density at radius 1 is 0.771 bits per heavy atom. The van der Waals surface area contributed by atoms with E-state index in [1.807, 2.05) is 36.4 Å². The number of H-pyrrole nitrogens is 2. The fourth-order valence-electron chi connectivity index (χ4n) is 6.13. The lowest BCUT2D eigenvalue weighted by atomic mass is 9.91. The van der Waals surface area contributed by atoms with Crippen LogP contribution in [0, 0.1) is 6.92 Å². The van der Waals surface area contributed by atoms with Crippen LogP contribution in [0.2, 0.25) is 0 Å². The highest BCUT2D eigenvalue weighted by atomic mass is 31.2. The summed E-state index contributed by atoms with van der Waals surface area (Å²) in [5, 5.41) is 0. The first-order valence-corrected chi connectivity index (χ1v) is 19.2. The minimum Gasteiger partial charge on any atom is -0.355 e. The molecule has 0 saturated carbocycles. The van der Waals surface area contributed by atoms with E-state index < -0.39 is 15.5 Å². The second kappa shape index (κ2) is 14.4. The maximum absolute atomic E-state index is 13.2. The second-order valence-corrected chi connectivity index (χ2v) is 16.7. The molecule has 250 valence electrons. The smallest absolute Gasteiger partial charge is 0.355 e. The van der Waals surface area contributed by atoms with Gasteiger partial charge in [-0.2, -0.15) is 13.9 Å². The van der Waals surface area contributed by atoms with Crippen molar-refractivity contribution in [3.8, 4) is 11.1 Å². The van der Waals surface area contributed by atoms with E-state index in [2.05, 4.69) is 65.4 Å². The number of aromatic nitrogens is 4. The van der Waals surface area contributed by atoms with E-state index in [1.165, 1.54) is 34.0 Å². The zero-order valence-electron chi connectivity index (χ0n) is 27.8. The molecule has 8 bridgehead atoms. The molecule has 5 heterocycles. The predicted molar refractivity (Wildman–Crippen MR) is 196 cm³/mol. The molecule has 1 unspecified atom stereocenters. The van der Waals surface area contributed by atoms with Crippen molar-refractivity contribution in [2.24, 2.45) is 0 Å². The SMILES string of the molecule is COP(=O)(CCC(CC[P+](O)(OC)OC)c1c2nc(cc3ccc([nH]3)c(-c3ccc(C)cc3)c3ccc(cc4nc1C=C4)[nH]3)C=C2)OC. The Labute approximate surface area is 281 Å². The molecule has 0 amide bonds. The molecular weight excluding hydrogens is 646 g/mol. The molecule has 0 fully saturated rings. The summed E-state index contributed by atoms with van der Waals surface area (Å²) in [4.78, 5) is 28.3. The third kappa shape index (κ3) is 7.46. The van der Waals surface area contributed by atoms with Crippen molar-refractivity contribution in [2.75, 3.05) is 40.8 Å². The van der Waals surface area contributed by atoms with Gasteiger partial charge in [-0.05, 0) is 91.9 Å². The lowest BCUT2D eigenvalue weighted by Crippen LogP contribution is -2.12. The third-order valence-corrected chi connectivity index (χ3v) is 12.7. The van der Waals surface area contributed by atoms with E-state index in [1.54, 1.807) is 0 Å². The van der Waals surface area contributed by atoms with Crippen LogP contribution in [0.25, 0.3) is 57.5 Å². The van der Waals surface area contributed by atoms with Crippen LogP contribution in [0.1, 0.15) is 52.7 Å². The van der Waals surface area contributed by atoms with Gasteiger partial charge in [0.05, 0.1) is 43.2 Å². The highest BCUT2D eigenvalue weighted by Gasteiger charge is 2.39. The molecular formula is C36H41N4O6P2+. The molecule has 0 radical (unpaired) electrons. The summed E-state index contributed by atoms with van der Waals surface area (Å²) in [7, 11) is -0.755. The normalized spacial score (nSPS) is 13.7. The molecule has 0 saturated heterocycles. The summed E-state index contributed by atoms with van der Waals surface area (Å²) in [6, 6.07) is 20.8. The minimum atomic E-state index is -3.33. The van der Waals surface area contributed by atoms with Crippen LogP contribution in [0.4, 0.5) is 0 Å². The van der Waals surface area contributed by atoms with E-state index in [-0.39, 0.29) is 18.2 Å². The first kappa shape index (κ1) is 34.2. The van der Waals surface area contributed by atoms with Crippen molar-refractivity contribution < 1.29 is 27.6 Å². The number of rotatable bonds is 12. The van der Waals surface area contributed by atoms with Crippen molar-refractivity contribution in [1.29, 1.82) is 0 Å². The second-order valence-electron chi connectivity index (χ2n) is 11.8. The zero-order valence-corrected chi connectivity index (χ0v) is 29.6. The van der Waals surface area contributed by atoms with Gasteiger partial charge in [-0.25, -0.2) is 9.97 Å². The first-order chi connectivity index (χ1) is 23.1. The van der Waals surface area contributed by atoms with Gasteiger partial charge in [-0.1, -0.05) is 29.8 Å². The van der Waals surface area contributed by atoms with E-state index in [9.17, 15) is 9.46 Å². The van der Waals surface area contributed by atoms with Gasteiger partial charge >= 0.3 is 15.5 Å². The zero-order chi connectivity index (χ0) is 33.9. The number of nitrogens with zero attached hydrogens (tertiary/aromatic N) is 2. The number of hydrogen-bond donors (Lipinski definition) is 3. The highest BCUT2D eigenvalue weighted by molar-refractivity contribution is 7.60. The fourth-order valence-corrected chi connectivity index (χ4v) is 8.42. The number of fused-ring (bicyclic) bond motifs is 8. The maximum Gasteiger partial charge on any atom is 0.408 e. The van der Waals surface area contributed by atoms with Gasteiger partial charge in [-0.15, -0.1) is 0 Å². The van der Waals surface area contributed by atoms with E-state index >= 15 is 0 Å². The van der Waals surface area contributed by atoms with Crippen molar-refractivity contribution >= 4 is 61.9 Å². The van der Waals surface area contributed by atoms with Crippen LogP contribution in [0.3, 0.4) is 0 Å². The number of hydrogen-bond acceptors (Lipinski definition) is 8. The molecule has 2 aliphatic rings. The summed E-state index contributed by atoms with van der Waals surface area (Å²) >= 11 is 0. The fraction of sp³-hybridized carbons (Fsp3) is 0.278. The van der Waals surface area contributed by atoms with E-state index in [0.717, 1.165) is 61.5 Å². The highest BCUT2D eigenvalue weighted by Crippen LogP contribution is 2.57. The topological polar surface area (TPSA) is 132 Å². The van der Waals surface area contributed by atoms with Gasteiger partial charge in [0.2, 0.25) is 0 Å². The summed E-state index contributed by atoms with van der Waals surface area (Å²) in [6.45, 7) is 2.09. The maximum atomic E-state index is 13.2. The Bertz CT molecular complexity index is 1960. The van der Waals surface area contributed by atoms with Gasteiger partial charge in [0.15, 0.2) is 0 Å². The van der Waals surface area contributed by atoms with Crippen LogP contribution in [-0.4, -0.2) is 65.6 Å². The van der Waals surface area contributed by atoms with Gasteiger partial charge < -0.3 is 19.0 Å². The summed E-state index contributed by atoms with van der Waals surface area (Å²) in [6.07, 6.45) is 9.23. The average Bonchev–Trinajstić information content (AvgIpc) is 3.93. The Balaban J connectivity index is 1.57. The van der Waals surface area contributed by atoms with Gasteiger partial charge in [-0.3, -0.25) is 4.57 Å². The molecule has 2 aliphatic heterocycles. The molecule has 4 aromatic rings. The first-order valence-electron chi connectivity index (χ1n) is 15.7. The van der Waals surface area contributed by atoms with Crippen molar-refractivity contribution in [3.05, 3.63) is 94.6 Å². The minimum absolute atomic E-state index is 0.167. The number of aromatic amines is 2. The lowest BCUT2D eigenvalue weighted by molar-refractivity contribution is 0.239. The van der Waals surface area contributed by atoms with E-state index in [0.29, 0.717) is 12.8 Å². The predicted octanol–water partition coefficient (Wildman–Crippen LogP) is 9.03. The average molecular weight is 688 g/mol. The molecule has 1 atom stereocenters. The lowest BCUT2D eigenvalue weighted by Gasteiger charge is -2.22. The largest absolute Gasteiger partial charge is 0.408 e. The van der Waals surface area contributed by atoms with Crippen molar-refractivity contribution in [3.63, 3.8) is 0 Å². The molecule has 0 aliphatic carbocycles. The molecule has 3 aromatic heterocycles. The standard InChI is InChI=1S/C36H41N4O6P2/c1-24-6-8-25(9-7-24)35-31-14-10-27(37-31)22-29-12-16-33(39-29)36(34-17-13-30(40-34)23-28-11-15-32(35)38-28)26(18-20-47(41,43-2)44-3)19-21-48(42,45-4)46-5/h6-17,22-23,26,37-38,41H,18-21H2,1-5H3/q+1. The number of aryl methyl sites for hydroxylation is 1.